The number of hydrogen-bond donors (Lipinski definition) is 1. The Bertz CT molecular complexity index is 572. The lowest BCUT2D eigenvalue weighted by atomic mass is 10.2. The van der Waals surface area contributed by atoms with Crippen LogP contribution in [0.15, 0.2) is 35.4 Å². The van der Waals surface area contributed by atoms with E-state index in [-0.39, 0.29) is 11.8 Å². The van der Waals surface area contributed by atoms with E-state index in [1.54, 1.807) is 7.05 Å². The third-order valence-corrected chi connectivity index (χ3v) is 4.06. The van der Waals surface area contributed by atoms with Gasteiger partial charge in [-0.05, 0) is 24.6 Å². The number of nitrogens with one attached hydrogen (secondary N) is 1. The molecular formula is C15H18N2O3S. The normalized spacial score (nSPS) is 16.4. The van der Waals surface area contributed by atoms with Crippen molar-refractivity contribution >= 4 is 23.6 Å². The molecule has 0 unspecified atom stereocenters. The van der Waals surface area contributed by atoms with Crippen molar-refractivity contribution in [1.82, 2.24) is 10.2 Å². The number of nitrogens with zero attached hydrogens (tertiary/aromatic N) is 1. The number of amides is 2. The smallest absolute Gasteiger partial charge is 0.246 e. The number of hydrogen-bond acceptors (Lipinski definition) is 4. The summed E-state index contributed by atoms with van der Waals surface area (Å²) in [5.74, 6) is 0.995. The predicted octanol–water partition coefficient (Wildman–Crippen LogP) is 1.75. The fraction of sp³-hybridized carbons (Fsp3) is 0.333. The van der Waals surface area contributed by atoms with Crippen molar-refractivity contribution in [3.05, 3.63) is 40.9 Å². The minimum atomic E-state index is -0.208. The molecule has 6 heteroatoms. The molecule has 1 aromatic carbocycles. The summed E-state index contributed by atoms with van der Waals surface area (Å²) >= 11 is 1.37. The summed E-state index contributed by atoms with van der Waals surface area (Å²) in [5, 5.41) is 3.49. The average Bonchev–Trinajstić information content (AvgIpc) is 2.78. The number of thioether (sulfide) groups is 1. The second-order valence-electron chi connectivity index (χ2n) is 4.52. The molecule has 0 radical (unpaired) electrons. The van der Waals surface area contributed by atoms with E-state index in [4.69, 9.17) is 4.74 Å². The lowest BCUT2D eigenvalue weighted by molar-refractivity contribution is -0.124. The van der Waals surface area contributed by atoms with Gasteiger partial charge >= 0.3 is 0 Å². The van der Waals surface area contributed by atoms with Crippen LogP contribution in [0.1, 0.15) is 12.5 Å². The van der Waals surface area contributed by atoms with Gasteiger partial charge in [-0.2, -0.15) is 0 Å². The number of benzene rings is 1. The van der Waals surface area contributed by atoms with Crippen molar-refractivity contribution in [3.8, 4) is 5.75 Å². The molecule has 1 heterocycles. The first-order valence-corrected chi connectivity index (χ1v) is 7.69. The highest BCUT2D eigenvalue weighted by Crippen LogP contribution is 2.26. The molecule has 1 N–H and O–H groups in total. The quantitative estimate of drug-likeness (QED) is 0.842. The summed E-state index contributed by atoms with van der Waals surface area (Å²) in [4.78, 5) is 24.7. The lowest BCUT2D eigenvalue weighted by Gasteiger charge is -2.09. The van der Waals surface area contributed by atoms with Crippen LogP contribution in [0, 0.1) is 0 Å². The molecule has 1 aliphatic heterocycles. The van der Waals surface area contributed by atoms with Crippen LogP contribution in [-0.4, -0.2) is 36.1 Å². The number of carbonyl (C=O) groups is 2. The van der Waals surface area contributed by atoms with E-state index >= 15 is 0 Å². The highest BCUT2D eigenvalue weighted by molar-refractivity contribution is 8.04. The first-order chi connectivity index (χ1) is 10.1. The third-order valence-electron chi connectivity index (χ3n) is 2.98. The zero-order valence-electron chi connectivity index (χ0n) is 12.1. The molecule has 0 bridgehead atoms. The molecule has 0 aromatic heterocycles. The largest absolute Gasteiger partial charge is 0.494 e. The maximum atomic E-state index is 11.9. The van der Waals surface area contributed by atoms with Crippen molar-refractivity contribution in [3.63, 3.8) is 0 Å². The lowest BCUT2D eigenvalue weighted by Crippen LogP contribution is -2.23. The van der Waals surface area contributed by atoms with Gasteiger partial charge in [-0.1, -0.05) is 23.9 Å². The zero-order chi connectivity index (χ0) is 15.2. The minimum absolute atomic E-state index is 0.0171. The molecule has 2 amide bonds. The number of carbonyl (C=O) groups excluding carboxylic acids is 2. The molecule has 2 rings (SSSR count). The Kier molecular flexibility index (Phi) is 5.27. The predicted molar refractivity (Wildman–Crippen MR) is 82.8 cm³/mol. The molecule has 1 aromatic rings. The Labute approximate surface area is 128 Å². The first kappa shape index (κ1) is 15.4. The third kappa shape index (κ3) is 4.26. The first-order valence-electron chi connectivity index (χ1n) is 6.70. The second-order valence-corrected chi connectivity index (χ2v) is 5.52. The highest BCUT2D eigenvalue weighted by Gasteiger charge is 2.23. The minimum Gasteiger partial charge on any atom is -0.494 e. The van der Waals surface area contributed by atoms with Crippen LogP contribution >= 0.6 is 11.8 Å². The molecule has 21 heavy (non-hydrogen) atoms. The van der Waals surface area contributed by atoms with Crippen molar-refractivity contribution in [2.75, 3.05) is 19.4 Å². The van der Waals surface area contributed by atoms with Gasteiger partial charge in [0.25, 0.3) is 0 Å². The number of ether oxygens (including phenoxy) is 1. The van der Waals surface area contributed by atoms with Gasteiger partial charge in [-0.25, -0.2) is 0 Å². The van der Waals surface area contributed by atoms with Gasteiger partial charge in [0, 0.05) is 19.7 Å². The fourth-order valence-electron chi connectivity index (χ4n) is 1.85. The summed E-state index contributed by atoms with van der Waals surface area (Å²) < 4.78 is 5.41. The number of rotatable bonds is 5. The van der Waals surface area contributed by atoms with Crippen LogP contribution in [0.4, 0.5) is 0 Å². The summed E-state index contributed by atoms with van der Waals surface area (Å²) in [6.45, 7) is 2.96. The van der Waals surface area contributed by atoms with E-state index in [0.29, 0.717) is 23.9 Å². The molecule has 0 saturated carbocycles. The highest BCUT2D eigenvalue weighted by atomic mass is 32.2. The molecule has 0 atom stereocenters. The molecule has 5 nitrogen and oxygen atoms in total. The van der Waals surface area contributed by atoms with Gasteiger partial charge in [0.15, 0.2) is 0 Å². The van der Waals surface area contributed by atoms with Crippen molar-refractivity contribution in [2.45, 2.75) is 13.5 Å². The van der Waals surface area contributed by atoms with Gasteiger partial charge in [0.1, 0.15) is 5.75 Å². The van der Waals surface area contributed by atoms with Crippen LogP contribution in [0.2, 0.25) is 0 Å². The van der Waals surface area contributed by atoms with Crippen LogP contribution < -0.4 is 10.1 Å². The molecule has 1 aliphatic rings. The zero-order valence-corrected chi connectivity index (χ0v) is 12.9. The van der Waals surface area contributed by atoms with E-state index in [2.05, 4.69) is 5.32 Å². The van der Waals surface area contributed by atoms with Crippen LogP contribution in [-0.2, 0) is 16.1 Å². The SMILES string of the molecule is CCOc1cccc(CNC(=O)/C=C2/SCC(=O)N2C)c1. The molecule has 112 valence electrons. The summed E-state index contributed by atoms with van der Waals surface area (Å²) in [6, 6.07) is 7.60. The maximum absolute atomic E-state index is 11.9. The Hall–Kier alpha value is -1.95. The molecule has 1 saturated heterocycles. The molecule has 0 aliphatic carbocycles. The van der Waals surface area contributed by atoms with Crippen molar-refractivity contribution in [1.29, 1.82) is 0 Å². The Morgan fingerprint density at radius 3 is 3.00 bits per heavy atom. The molecule has 0 spiro atoms. The second kappa shape index (κ2) is 7.17. The standard InChI is InChI=1S/C15H18N2O3S/c1-3-20-12-6-4-5-11(7-12)9-16-13(18)8-15-17(2)14(19)10-21-15/h4-8H,3,9-10H2,1-2H3,(H,16,18)/b15-8+. The maximum Gasteiger partial charge on any atom is 0.246 e. The van der Waals surface area contributed by atoms with E-state index in [1.165, 1.54) is 22.7 Å². The van der Waals surface area contributed by atoms with Crippen LogP contribution in [0.3, 0.4) is 0 Å². The Morgan fingerprint density at radius 2 is 2.33 bits per heavy atom. The summed E-state index contributed by atoms with van der Waals surface area (Å²) in [5.41, 5.74) is 0.969. The van der Waals surface area contributed by atoms with E-state index in [1.807, 2.05) is 31.2 Å². The van der Waals surface area contributed by atoms with E-state index < -0.39 is 0 Å². The molecule has 1 fully saturated rings. The fourth-order valence-corrected chi connectivity index (χ4v) is 2.81. The molecular weight excluding hydrogens is 288 g/mol. The van der Waals surface area contributed by atoms with Gasteiger partial charge in [-0.15, -0.1) is 0 Å². The monoisotopic (exact) mass is 306 g/mol. The average molecular weight is 306 g/mol. The van der Waals surface area contributed by atoms with Crippen molar-refractivity contribution < 1.29 is 14.3 Å². The van der Waals surface area contributed by atoms with Crippen LogP contribution in [0.25, 0.3) is 0 Å². The van der Waals surface area contributed by atoms with Gasteiger partial charge in [0.05, 0.1) is 17.4 Å². The topological polar surface area (TPSA) is 58.6 Å². The Balaban J connectivity index is 1.91. The van der Waals surface area contributed by atoms with E-state index in [9.17, 15) is 9.59 Å². The summed E-state index contributed by atoms with van der Waals surface area (Å²) in [6.07, 6.45) is 1.46. The van der Waals surface area contributed by atoms with Gasteiger partial charge in [-0.3, -0.25) is 9.59 Å². The van der Waals surface area contributed by atoms with Crippen LogP contribution in [0.5, 0.6) is 5.75 Å². The summed E-state index contributed by atoms with van der Waals surface area (Å²) in [7, 11) is 1.67. The van der Waals surface area contributed by atoms with Gasteiger partial charge in [0.2, 0.25) is 11.8 Å². The van der Waals surface area contributed by atoms with Crippen molar-refractivity contribution in [2.24, 2.45) is 0 Å². The van der Waals surface area contributed by atoms with Gasteiger partial charge < -0.3 is 15.0 Å². The Morgan fingerprint density at radius 1 is 1.52 bits per heavy atom. The van der Waals surface area contributed by atoms with E-state index in [0.717, 1.165) is 11.3 Å².